The van der Waals surface area contributed by atoms with Crippen LogP contribution in [0.5, 0.6) is 11.5 Å². The van der Waals surface area contributed by atoms with E-state index < -0.39 is 17.9 Å². The molecule has 0 aromatic heterocycles. The Labute approximate surface area is 229 Å². The number of hydrogen-bond acceptors (Lipinski definition) is 6. The molecule has 1 unspecified atom stereocenters. The molecule has 0 saturated carbocycles. The molecule has 0 fully saturated rings. The van der Waals surface area contributed by atoms with Gasteiger partial charge in [-0.25, -0.2) is 0 Å². The molecular formula is C30H37N5O4. The number of ether oxygens (including phenoxy) is 2. The van der Waals surface area contributed by atoms with Crippen molar-refractivity contribution in [1.82, 2.24) is 10.9 Å². The van der Waals surface area contributed by atoms with Crippen LogP contribution in [-0.2, 0) is 9.59 Å². The van der Waals surface area contributed by atoms with Crippen molar-refractivity contribution in [2.45, 2.75) is 39.3 Å². The van der Waals surface area contributed by atoms with Crippen molar-refractivity contribution in [3.63, 3.8) is 0 Å². The lowest BCUT2D eigenvalue weighted by atomic mass is 10.0. The van der Waals surface area contributed by atoms with E-state index in [0.29, 0.717) is 40.5 Å². The summed E-state index contributed by atoms with van der Waals surface area (Å²) in [7, 11) is 0. The molecule has 0 heterocycles. The number of carbonyl (C=O) groups excluding carboxylic acids is 2. The molecule has 206 valence electrons. The summed E-state index contributed by atoms with van der Waals surface area (Å²) < 4.78 is 11.6. The van der Waals surface area contributed by atoms with Crippen molar-refractivity contribution < 1.29 is 19.1 Å². The van der Waals surface area contributed by atoms with Crippen LogP contribution in [-0.4, -0.2) is 30.4 Å². The van der Waals surface area contributed by atoms with Crippen LogP contribution in [0.4, 0.5) is 5.69 Å². The summed E-state index contributed by atoms with van der Waals surface area (Å²) >= 11 is 0. The number of carbonyl (C=O) groups is 2. The Morgan fingerprint density at radius 3 is 2.36 bits per heavy atom. The Hall–Kier alpha value is -4.79. The van der Waals surface area contributed by atoms with Gasteiger partial charge in [0.1, 0.15) is 11.9 Å². The number of amides is 2. The first-order valence-corrected chi connectivity index (χ1v) is 12.5. The second kappa shape index (κ2) is 15.5. The lowest BCUT2D eigenvalue weighted by Gasteiger charge is -2.22. The zero-order chi connectivity index (χ0) is 28.8. The van der Waals surface area contributed by atoms with Gasteiger partial charge in [-0.15, -0.1) is 0 Å². The molecule has 2 amide bonds. The summed E-state index contributed by atoms with van der Waals surface area (Å²) in [6, 6.07) is 11.1. The van der Waals surface area contributed by atoms with Crippen LogP contribution in [0.3, 0.4) is 0 Å². The first-order chi connectivity index (χ1) is 18.7. The lowest BCUT2D eigenvalue weighted by Crippen LogP contribution is -2.45. The quantitative estimate of drug-likeness (QED) is 0.104. The number of allylic oxidation sites excluding steroid dienone is 5. The fraction of sp³-hybridized carbons (Fsp3) is 0.233. The van der Waals surface area contributed by atoms with Crippen molar-refractivity contribution >= 4 is 23.3 Å². The number of anilines is 1. The molecule has 0 saturated heterocycles. The lowest BCUT2D eigenvalue weighted by molar-refractivity contribution is -0.129. The Morgan fingerprint density at radius 1 is 1.05 bits per heavy atom. The Balaban J connectivity index is 2.31. The van der Waals surface area contributed by atoms with Crippen LogP contribution < -0.4 is 31.4 Å². The molecule has 9 nitrogen and oxygen atoms in total. The predicted molar refractivity (Wildman–Crippen MR) is 156 cm³/mol. The van der Waals surface area contributed by atoms with Crippen LogP contribution in [0.2, 0.25) is 0 Å². The van der Waals surface area contributed by atoms with E-state index in [0.717, 1.165) is 0 Å². The summed E-state index contributed by atoms with van der Waals surface area (Å²) in [5.74, 6) is 0.0701. The number of rotatable bonds is 14. The van der Waals surface area contributed by atoms with Gasteiger partial charge in [-0.1, -0.05) is 49.6 Å². The normalized spacial score (nSPS) is 11.9. The molecular weight excluding hydrogens is 494 g/mol. The summed E-state index contributed by atoms with van der Waals surface area (Å²) in [5, 5.41) is 10.8. The number of benzene rings is 2. The minimum absolute atomic E-state index is 0.0194. The molecule has 0 bridgehead atoms. The van der Waals surface area contributed by atoms with Gasteiger partial charge in [0, 0.05) is 11.3 Å². The van der Waals surface area contributed by atoms with Gasteiger partial charge in [0.25, 0.3) is 5.91 Å². The van der Waals surface area contributed by atoms with Gasteiger partial charge in [-0.3, -0.25) is 25.8 Å². The zero-order valence-corrected chi connectivity index (χ0v) is 22.6. The largest absolute Gasteiger partial charge is 0.490 e. The van der Waals surface area contributed by atoms with E-state index in [1.165, 1.54) is 0 Å². The molecule has 2 aromatic carbocycles. The molecule has 2 rings (SSSR count). The van der Waals surface area contributed by atoms with E-state index in [2.05, 4.69) is 29.3 Å². The molecule has 0 spiro atoms. The maximum absolute atomic E-state index is 13.4. The van der Waals surface area contributed by atoms with E-state index >= 15 is 0 Å². The van der Waals surface area contributed by atoms with Crippen molar-refractivity contribution in [2.75, 3.05) is 11.9 Å². The molecule has 0 aliphatic heterocycles. The van der Waals surface area contributed by atoms with E-state index in [1.807, 2.05) is 20.8 Å². The first kappa shape index (κ1) is 30.4. The van der Waals surface area contributed by atoms with Gasteiger partial charge in [0.15, 0.2) is 11.5 Å². The maximum atomic E-state index is 13.4. The van der Waals surface area contributed by atoms with Crippen molar-refractivity contribution in [3.8, 4) is 11.5 Å². The monoisotopic (exact) mass is 531 g/mol. The van der Waals surface area contributed by atoms with E-state index in [9.17, 15) is 9.59 Å². The van der Waals surface area contributed by atoms with Crippen LogP contribution in [0.25, 0.3) is 0 Å². The van der Waals surface area contributed by atoms with Gasteiger partial charge >= 0.3 is 0 Å². The van der Waals surface area contributed by atoms with Crippen LogP contribution in [0, 0.1) is 5.41 Å². The second-order valence-electron chi connectivity index (χ2n) is 8.65. The van der Waals surface area contributed by atoms with Crippen molar-refractivity contribution in [3.05, 3.63) is 103 Å². The van der Waals surface area contributed by atoms with E-state index in [1.54, 1.807) is 72.8 Å². The Bertz CT molecular complexity index is 1230. The number of hydrazine groups is 1. The fourth-order valence-electron chi connectivity index (χ4n) is 3.43. The van der Waals surface area contributed by atoms with Crippen LogP contribution in [0.1, 0.15) is 44.4 Å². The average Bonchev–Trinajstić information content (AvgIpc) is 2.91. The topological polar surface area (TPSA) is 139 Å². The summed E-state index contributed by atoms with van der Waals surface area (Å²) in [6.45, 7) is 13.4. The third-order valence-corrected chi connectivity index (χ3v) is 5.24. The summed E-state index contributed by atoms with van der Waals surface area (Å²) in [4.78, 5) is 25.9. The van der Waals surface area contributed by atoms with Crippen molar-refractivity contribution in [1.29, 1.82) is 5.41 Å². The highest BCUT2D eigenvalue weighted by atomic mass is 16.5. The number of amidine groups is 1. The molecule has 0 aliphatic rings. The smallest absolute Gasteiger partial charge is 0.265 e. The molecule has 9 heteroatoms. The van der Waals surface area contributed by atoms with Crippen LogP contribution >= 0.6 is 0 Å². The molecule has 6 N–H and O–H groups in total. The number of hydrogen-bond donors (Lipinski definition) is 5. The number of nitrogen functional groups attached to an aromatic ring is 1. The standard InChI is InChI=1S/C30H37N5O4/c1-6-9-10-11-21(7-2)18-27(36)34-35-30(37)28(33-24-15-12-22(13-16-24)29(31)32)23-14-17-25(39-20(4)5)26(19-23)38-8-3/h6-7,9-17,19-20,28,33H,1-2,8,18H2,3-5H3,(H3,31,32)(H,34,36)(H,35,37)/b10-9-,21-11+. The highest BCUT2D eigenvalue weighted by Gasteiger charge is 2.23. The molecule has 39 heavy (non-hydrogen) atoms. The van der Waals surface area contributed by atoms with Crippen LogP contribution in [0.15, 0.2) is 91.6 Å². The van der Waals surface area contributed by atoms with Gasteiger partial charge in [-0.2, -0.15) is 0 Å². The zero-order valence-electron chi connectivity index (χ0n) is 22.6. The molecule has 2 aromatic rings. The van der Waals surface area contributed by atoms with Gasteiger partial charge in [0.2, 0.25) is 5.91 Å². The number of nitrogens with one attached hydrogen (secondary N) is 4. The summed E-state index contributed by atoms with van der Waals surface area (Å²) in [5.41, 5.74) is 12.9. The van der Waals surface area contributed by atoms with E-state index in [-0.39, 0.29) is 18.4 Å². The van der Waals surface area contributed by atoms with Gasteiger partial charge < -0.3 is 20.5 Å². The third-order valence-electron chi connectivity index (χ3n) is 5.24. The minimum Gasteiger partial charge on any atom is -0.490 e. The van der Waals surface area contributed by atoms with Gasteiger partial charge in [0.05, 0.1) is 19.1 Å². The highest BCUT2D eigenvalue weighted by molar-refractivity contribution is 5.95. The second-order valence-corrected chi connectivity index (χ2v) is 8.65. The minimum atomic E-state index is -0.911. The molecule has 0 aliphatic carbocycles. The maximum Gasteiger partial charge on any atom is 0.265 e. The third kappa shape index (κ3) is 9.88. The van der Waals surface area contributed by atoms with E-state index in [4.69, 9.17) is 20.6 Å². The molecule has 1 atom stereocenters. The highest BCUT2D eigenvalue weighted by Crippen LogP contribution is 2.32. The molecule has 0 radical (unpaired) electrons. The average molecular weight is 532 g/mol. The Kier molecular flexibility index (Phi) is 12.1. The Morgan fingerprint density at radius 2 is 1.77 bits per heavy atom. The SMILES string of the molecule is C=C/C=C\C=C(/C=C)CC(=O)NNC(=O)C(Nc1ccc(C(=N)N)cc1)c1ccc(OC(C)C)c(OCC)c1. The fourth-order valence-corrected chi connectivity index (χ4v) is 3.43. The first-order valence-electron chi connectivity index (χ1n) is 12.5. The van der Waals surface area contributed by atoms with Gasteiger partial charge in [-0.05, 0) is 68.3 Å². The summed E-state index contributed by atoms with van der Waals surface area (Å²) in [6.07, 6.45) is 8.36. The predicted octanol–water partition coefficient (Wildman–Crippen LogP) is 4.70. The van der Waals surface area contributed by atoms with Crippen molar-refractivity contribution in [2.24, 2.45) is 5.73 Å². The number of nitrogens with two attached hydrogens (primary N) is 1.